The van der Waals surface area contributed by atoms with Gasteiger partial charge in [0.15, 0.2) is 0 Å². The van der Waals surface area contributed by atoms with Crippen molar-refractivity contribution in [1.29, 1.82) is 0 Å². The number of nitrogens with zero attached hydrogens (tertiary/aromatic N) is 2. The normalized spacial score (nSPS) is 35.8. The van der Waals surface area contributed by atoms with Gasteiger partial charge in [0, 0.05) is 32.4 Å². The van der Waals surface area contributed by atoms with Gasteiger partial charge in [-0.15, -0.1) is 0 Å². The molecule has 3 unspecified atom stereocenters. The lowest BCUT2D eigenvalue weighted by atomic mass is 9.53. The molecule has 5 aliphatic rings. The Hall–Kier alpha value is -2.06. The molecule has 168 valence electrons. The Kier molecular flexibility index (Phi) is 5.25. The molecule has 3 N–H and O–H groups in total. The summed E-state index contributed by atoms with van der Waals surface area (Å²) in [6, 6.07) is 1.56. The number of aromatic nitrogens is 1. The van der Waals surface area contributed by atoms with E-state index in [1.165, 1.54) is 6.20 Å². The van der Waals surface area contributed by atoms with Crippen molar-refractivity contribution in [3.05, 3.63) is 22.8 Å². The molecule has 2 amide bonds. The van der Waals surface area contributed by atoms with E-state index in [0.717, 1.165) is 38.5 Å². The molecule has 5 fully saturated rings. The molecule has 6 rings (SSSR count). The van der Waals surface area contributed by atoms with Crippen LogP contribution >= 0.6 is 11.6 Å². The summed E-state index contributed by atoms with van der Waals surface area (Å²) in [6.07, 6.45) is 6.44. The number of nitrogens with one attached hydrogen (secondary N) is 2. The molecule has 1 saturated heterocycles. The Morgan fingerprint density at radius 1 is 1.29 bits per heavy atom. The molecule has 2 heterocycles. The monoisotopic (exact) mass is 448 g/mol. The first kappa shape index (κ1) is 20.8. The largest absolute Gasteiger partial charge is 0.446 e. The number of likely N-dealkylation sites (tertiary alicyclic amines) is 1. The van der Waals surface area contributed by atoms with Crippen molar-refractivity contribution >= 4 is 29.4 Å². The number of anilines is 1. The Labute approximate surface area is 186 Å². The van der Waals surface area contributed by atoms with Gasteiger partial charge in [0.1, 0.15) is 11.9 Å². The Morgan fingerprint density at radius 3 is 2.71 bits per heavy atom. The van der Waals surface area contributed by atoms with Gasteiger partial charge >= 0.3 is 6.09 Å². The summed E-state index contributed by atoms with van der Waals surface area (Å²) in [4.78, 5) is 31.0. The minimum absolute atomic E-state index is 0.0242. The predicted octanol–water partition coefficient (Wildman–Crippen LogP) is 2.66. The molecular formula is C22H29ClN4O4. The Morgan fingerprint density at radius 2 is 2.03 bits per heavy atom. The molecule has 1 aromatic heterocycles. The van der Waals surface area contributed by atoms with Crippen LogP contribution in [-0.4, -0.2) is 64.9 Å². The van der Waals surface area contributed by atoms with Crippen molar-refractivity contribution in [2.24, 2.45) is 17.8 Å². The van der Waals surface area contributed by atoms with Crippen LogP contribution in [0.2, 0.25) is 5.02 Å². The van der Waals surface area contributed by atoms with E-state index >= 15 is 0 Å². The van der Waals surface area contributed by atoms with Gasteiger partial charge < -0.3 is 25.4 Å². The third kappa shape index (κ3) is 3.96. The second-order valence-electron chi connectivity index (χ2n) is 9.75. The lowest BCUT2D eigenvalue weighted by Gasteiger charge is -2.57. The highest BCUT2D eigenvalue weighted by Crippen LogP contribution is 2.56. The first-order valence-corrected chi connectivity index (χ1v) is 11.5. The van der Waals surface area contributed by atoms with Crippen LogP contribution in [0.3, 0.4) is 0 Å². The highest BCUT2D eigenvalue weighted by molar-refractivity contribution is 6.31. The van der Waals surface area contributed by atoms with Gasteiger partial charge in [0.05, 0.1) is 16.2 Å². The minimum Gasteiger partial charge on any atom is -0.446 e. The van der Waals surface area contributed by atoms with E-state index in [1.807, 2.05) is 0 Å². The van der Waals surface area contributed by atoms with Crippen molar-refractivity contribution < 1.29 is 19.4 Å². The van der Waals surface area contributed by atoms with Crippen molar-refractivity contribution in [2.75, 3.05) is 25.5 Å². The van der Waals surface area contributed by atoms with Gasteiger partial charge in [-0.1, -0.05) is 11.6 Å². The number of hydrogen-bond acceptors (Lipinski definition) is 6. The van der Waals surface area contributed by atoms with E-state index in [4.69, 9.17) is 16.3 Å². The summed E-state index contributed by atoms with van der Waals surface area (Å²) < 4.78 is 6.00. The van der Waals surface area contributed by atoms with E-state index in [0.29, 0.717) is 35.4 Å². The Balaban J connectivity index is 1.20. The van der Waals surface area contributed by atoms with Crippen LogP contribution in [0.15, 0.2) is 12.3 Å². The number of carbonyl (C=O) groups excluding carboxylic acids is 2. The molecule has 9 heteroatoms. The maximum atomic E-state index is 12.9. The second-order valence-corrected chi connectivity index (χ2v) is 10.2. The summed E-state index contributed by atoms with van der Waals surface area (Å²) in [7, 11) is 1.56. The van der Waals surface area contributed by atoms with Crippen LogP contribution in [0.1, 0.15) is 48.9 Å². The third-order valence-electron chi connectivity index (χ3n) is 7.50. The van der Waals surface area contributed by atoms with Crippen molar-refractivity contribution in [3.63, 3.8) is 0 Å². The molecule has 6 atom stereocenters. The highest BCUT2D eigenvalue weighted by atomic mass is 35.5. The van der Waals surface area contributed by atoms with Gasteiger partial charge in [-0.3, -0.25) is 4.79 Å². The number of amides is 2. The molecule has 4 saturated carbocycles. The molecule has 0 spiro atoms. The number of carbonyl (C=O) groups is 2. The molecule has 1 aromatic rings. The summed E-state index contributed by atoms with van der Waals surface area (Å²) >= 11 is 6.00. The fourth-order valence-corrected chi connectivity index (χ4v) is 6.58. The van der Waals surface area contributed by atoms with Crippen molar-refractivity contribution in [3.8, 4) is 0 Å². The molecule has 0 radical (unpaired) electrons. The second kappa shape index (κ2) is 7.81. The zero-order chi connectivity index (χ0) is 21.8. The van der Waals surface area contributed by atoms with Crippen LogP contribution in [-0.2, 0) is 4.74 Å². The fraction of sp³-hybridized carbons (Fsp3) is 0.682. The molecule has 1 aliphatic heterocycles. The van der Waals surface area contributed by atoms with E-state index < -0.39 is 5.60 Å². The maximum absolute atomic E-state index is 12.9. The van der Waals surface area contributed by atoms with Crippen molar-refractivity contribution in [1.82, 2.24) is 15.2 Å². The molecule has 4 bridgehead atoms. The summed E-state index contributed by atoms with van der Waals surface area (Å²) in [5.41, 5.74) is -0.154. The van der Waals surface area contributed by atoms with Gasteiger partial charge in [-0.25, -0.2) is 9.78 Å². The summed E-state index contributed by atoms with van der Waals surface area (Å²) in [5, 5.41) is 17.0. The lowest BCUT2D eigenvalue weighted by Crippen LogP contribution is -2.58. The number of pyridine rings is 1. The predicted molar refractivity (Wildman–Crippen MR) is 115 cm³/mol. The van der Waals surface area contributed by atoms with E-state index in [1.54, 1.807) is 18.0 Å². The average molecular weight is 449 g/mol. The van der Waals surface area contributed by atoms with E-state index in [9.17, 15) is 14.7 Å². The van der Waals surface area contributed by atoms with Gasteiger partial charge in [-0.2, -0.15) is 0 Å². The van der Waals surface area contributed by atoms with Crippen LogP contribution in [0, 0.1) is 17.8 Å². The van der Waals surface area contributed by atoms with E-state index in [-0.39, 0.29) is 36.0 Å². The van der Waals surface area contributed by atoms with Gasteiger partial charge in [0.2, 0.25) is 0 Å². The summed E-state index contributed by atoms with van der Waals surface area (Å²) in [6.45, 7) is 1.08. The average Bonchev–Trinajstić information content (AvgIpc) is 3.19. The molecular weight excluding hydrogens is 420 g/mol. The smallest absolute Gasteiger partial charge is 0.410 e. The standard InChI is InChI=1S/C22H29ClN4O4/c1-24-20(28)17-6-15(23)10-25-19(17)26-16-2-3-27(11-16)21(29)31-18-13-4-12-5-14(18)9-22(30,7-12)8-13/h6,10,12-14,16,18,30H,2-5,7-9,11H2,1H3,(H,24,28)(H,25,26)/t12?,13-,14?,16+,18?,22-/m0/s1. The van der Waals surface area contributed by atoms with Crippen molar-refractivity contribution in [2.45, 2.75) is 56.3 Å². The fourth-order valence-electron chi connectivity index (χ4n) is 6.42. The number of halogens is 1. The quantitative estimate of drug-likeness (QED) is 0.654. The Bertz CT molecular complexity index is 880. The minimum atomic E-state index is -0.532. The van der Waals surface area contributed by atoms with Crippen LogP contribution in [0.4, 0.5) is 10.6 Å². The van der Waals surface area contributed by atoms with Crippen LogP contribution in [0.5, 0.6) is 0 Å². The number of rotatable bonds is 4. The van der Waals surface area contributed by atoms with Gasteiger partial charge in [-0.05, 0) is 62.3 Å². The van der Waals surface area contributed by atoms with Crippen LogP contribution in [0.25, 0.3) is 0 Å². The zero-order valence-corrected chi connectivity index (χ0v) is 18.4. The first-order valence-electron chi connectivity index (χ1n) is 11.2. The topological polar surface area (TPSA) is 104 Å². The van der Waals surface area contributed by atoms with Gasteiger partial charge in [0.25, 0.3) is 5.91 Å². The van der Waals surface area contributed by atoms with E-state index in [2.05, 4.69) is 15.6 Å². The maximum Gasteiger partial charge on any atom is 0.410 e. The molecule has 8 nitrogen and oxygen atoms in total. The molecule has 4 aliphatic carbocycles. The first-order chi connectivity index (χ1) is 14.8. The highest BCUT2D eigenvalue weighted by Gasteiger charge is 2.56. The third-order valence-corrected chi connectivity index (χ3v) is 7.71. The zero-order valence-electron chi connectivity index (χ0n) is 17.6. The van der Waals surface area contributed by atoms with Crippen LogP contribution < -0.4 is 10.6 Å². The molecule has 31 heavy (non-hydrogen) atoms. The number of ether oxygens (including phenoxy) is 1. The summed E-state index contributed by atoms with van der Waals surface area (Å²) in [5.74, 6) is 1.34. The number of hydrogen-bond donors (Lipinski definition) is 3. The number of aliphatic hydroxyl groups is 1. The SMILES string of the molecule is CNC(=O)c1cc(Cl)cnc1N[C@@H]1CCN(C(=O)OC2C3CC4C[C@H]2C[C@@](O)(C4)C3)C1. The lowest BCUT2D eigenvalue weighted by molar-refractivity contribution is -0.177. The molecule has 0 aromatic carbocycles.